The summed E-state index contributed by atoms with van der Waals surface area (Å²) >= 11 is 0. The first-order chi connectivity index (χ1) is 9.61. The Morgan fingerprint density at radius 3 is 2.60 bits per heavy atom. The first-order valence-corrected chi connectivity index (χ1v) is 6.21. The van der Waals surface area contributed by atoms with Crippen LogP contribution in [0.3, 0.4) is 0 Å². The van der Waals surface area contributed by atoms with Gasteiger partial charge in [-0.25, -0.2) is 4.79 Å². The van der Waals surface area contributed by atoms with Crippen molar-refractivity contribution in [1.82, 2.24) is 5.32 Å². The smallest absolute Gasteiger partial charge is 0.330 e. The van der Waals surface area contributed by atoms with Crippen LogP contribution in [0.2, 0.25) is 0 Å². The number of carbonyl (C=O) groups excluding carboxylic acids is 2. The molecule has 0 fully saturated rings. The second-order valence-corrected chi connectivity index (χ2v) is 4.01. The minimum absolute atomic E-state index is 0.0476. The van der Waals surface area contributed by atoms with Crippen molar-refractivity contribution in [2.75, 3.05) is 13.7 Å². The summed E-state index contributed by atoms with van der Waals surface area (Å²) in [5.74, 6) is 5.55. The molecule has 1 rings (SSSR count). The van der Waals surface area contributed by atoms with Crippen molar-refractivity contribution in [2.45, 2.75) is 13.3 Å². The molecule has 0 aliphatic carbocycles. The van der Waals surface area contributed by atoms with Gasteiger partial charge in [-0.1, -0.05) is 24.0 Å². The molecule has 4 nitrogen and oxygen atoms in total. The third kappa shape index (κ3) is 6.41. The summed E-state index contributed by atoms with van der Waals surface area (Å²) in [6, 6.07) is 7.50. The van der Waals surface area contributed by atoms with E-state index >= 15 is 0 Å². The highest BCUT2D eigenvalue weighted by Gasteiger charge is 1.92. The fraction of sp³-hybridized carbons (Fsp3) is 0.250. The van der Waals surface area contributed by atoms with Crippen molar-refractivity contribution in [1.29, 1.82) is 0 Å². The van der Waals surface area contributed by atoms with Gasteiger partial charge in [-0.2, -0.15) is 0 Å². The first kappa shape index (κ1) is 15.5. The average Bonchev–Trinajstić information content (AvgIpc) is 2.45. The van der Waals surface area contributed by atoms with Gasteiger partial charge in [0.1, 0.15) is 0 Å². The van der Waals surface area contributed by atoms with Crippen LogP contribution >= 0.6 is 0 Å². The zero-order valence-corrected chi connectivity index (χ0v) is 11.6. The summed E-state index contributed by atoms with van der Waals surface area (Å²) in [6.45, 7) is 2.04. The van der Waals surface area contributed by atoms with E-state index in [4.69, 9.17) is 0 Å². The summed E-state index contributed by atoms with van der Waals surface area (Å²) in [7, 11) is 1.34. The molecule has 1 aromatic rings. The van der Waals surface area contributed by atoms with Crippen LogP contribution in [-0.4, -0.2) is 25.5 Å². The lowest BCUT2D eigenvalue weighted by Gasteiger charge is -1.96. The second-order valence-electron chi connectivity index (χ2n) is 4.01. The molecule has 0 heterocycles. The van der Waals surface area contributed by atoms with E-state index in [0.29, 0.717) is 13.0 Å². The first-order valence-electron chi connectivity index (χ1n) is 6.21. The zero-order valence-electron chi connectivity index (χ0n) is 11.6. The molecule has 4 heteroatoms. The van der Waals surface area contributed by atoms with Crippen molar-refractivity contribution in [3.63, 3.8) is 0 Å². The van der Waals surface area contributed by atoms with E-state index in [2.05, 4.69) is 21.9 Å². The standard InChI is InChI=1S/C16H17NO3/c1-13(18)17-12-4-3-5-14-6-8-15(9-7-14)10-11-16(19)20-2/h6-11H,4,12H2,1-2H3,(H,17,18)/b11-10+. The minimum atomic E-state index is -0.383. The van der Waals surface area contributed by atoms with E-state index in [9.17, 15) is 9.59 Å². The highest BCUT2D eigenvalue weighted by Crippen LogP contribution is 2.05. The topological polar surface area (TPSA) is 55.4 Å². The number of rotatable bonds is 4. The molecule has 0 saturated heterocycles. The van der Waals surface area contributed by atoms with Gasteiger partial charge in [0.25, 0.3) is 0 Å². The number of amides is 1. The van der Waals surface area contributed by atoms with Crippen LogP contribution in [0.4, 0.5) is 0 Å². The van der Waals surface area contributed by atoms with Crippen molar-refractivity contribution >= 4 is 18.0 Å². The lowest BCUT2D eigenvalue weighted by Crippen LogP contribution is -2.20. The molecule has 0 bridgehead atoms. The number of ether oxygens (including phenoxy) is 1. The highest BCUT2D eigenvalue weighted by atomic mass is 16.5. The molecule has 1 aromatic carbocycles. The third-order valence-electron chi connectivity index (χ3n) is 2.38. The summed E-state index contributed by atoms with van der Waals surface area (Å²) in [5.41, 5.74) is 1.79. The fourth-order valence-electron chi connectivity index (χ4n) is 1.38. The molecule has 0 aromatic heterocycles. The molecular formula is C16H17NO3. The Morgan fingerprint density at radius 1 is 1.30 bits per heavy atom. The average molecular weight is 271 g/mol. The Bertz CT molecular complexity index is 547. The van der Waals surface area contributed by atoms with E-state index < -0.39 is 0 Å². The van der Waals surface area contributed by atoms with Gasteiger partial charge in [0.15, 0.2) is 0 Å². The molecule has 104 valence electrons. The van der Waals surface area contributed by atoms with Gasteiger partial charge in [-0.15, -0.1) is 0 Å². The maximum Gasteiger partial charge on any atom is 0.330 e. The molecule has 0 spiro atoms. The number of benzene rings is 1. The van der Waals surface area contributed by atoms with E-state index in [-0.39, 0.29) is 11.9 Å². The van der Waals surface area contributed by atoms with E-state index in [0.717, 1.165) is 11.1 Å². The van der Waals surface area contributed by atoms with Crippen LogP contribution in [0, 0.1) is 11.8 Å². The van der Waals surface area contributed by atoms with Gasteiger partial charge >= 0.3 is 5.97 Å². The Morgan fingerprint density at radius 2 is 2.00 bits per heavy atom. The number of hydrogen-bond donors (Lipinski definition) is 1. The van der Waals surface area contributed by atoms with Crippen LogP contribution in [0.25, 0.3) is 6.08 Å². The Hall–Kier alpha value is -2.54. The molecule has 0 aliphatic heterocycles. The SMILES string of the molecule is COC(=O)/C=C/c1ccc(C#CCCNC(C)=O)cc1. The van der Waals surface area contributed by atoms with Crippen LogP contribution in [-0.2, 0) is 14.3 Å². The van der Waals surface area contributed by atoms with Crippen molar-refractivity contribution in [3.05, 3.63) is 41.5 Å². The predicted octanol–water partition coefficient (Wildman–Crippen LogP) is 1.75. The number of carbonyl (C=O) groups is 2. The maximum absolute atomic E-state index is 10.9. The highest BCUT2D eigenvalue weighted by molar-refractivity contribution is 5.86. The number of methoxy groups -OCH3 is 1. The number of nitrogens with one attached hydrogen (secondary N) is 1. The monoisotopic (exact) mass is 271 g/mol. The third-order valence-corrected chi connectivity index (χ3v) is 2.38. The van der Waals surface area contributed by atoms with E-state index in [1.54, 1.807) is 6.08 Å². The molecule has 0 atom stereocenters. The van der Waals surface area contributed by atoms with Gasteiger partial charge in [-0.3, -0.25) is 4.79 Å². The Balaban J connectivity index is 2.50. The van der Waals surface area contributed by atoms with Gasteiger partial charge in [0.2, 0.25) is 5.91 Å². The Kier molecular flexibility index (Phi) is 6.63. The van der Waals surface area contributed by atoms with Crippen LogP contribution in [0.15, 0.2) is 30.3 Å². The molecule has 0 saturated carbocycles. The zero-order chi connectivity index (χ0) is 14.8. The maximum atomic E-state index is 10.9. The summed E-state index contributed by atoms with van der Waals surface area (Å²) in [5, 5.41) is 2.68. The molecule has 1 amide bonds. The number of esters is 1. The predicted molar refractivity (Wildman–Crippen MR) is 77.7 cm³/mol. The van der Waals surface area contributed by atoms with Crippen molar-refractivity contribution in [2.24, 2.45) is 0 Å². The molecule has 0 unspecified atom stereocenters. The lowest BCUT2D eigenvalue weighted by molar-refractivity contribution is -0.134. The summed E-state index contributed by atoms with van der Waals surface area (Å²) < 4.78 is 4.51. The quantitative estimate of drug-likeness (QED) is 0.393. The van der Waals surface area contributed by atoms with Gasteiger partial charge in [-0.05, 0) is 23.8 Å². The largest absolute Gasteiger partial charge is 0.466 e. The molecule has 20 heavy (non-hydrogen) atoms. The van der Waals surface area contributed by atoms with Gasteiger partial charge < -0.3 is 10.1 Å². The lowest BCUT2D eigenvalue weighted by atomic mass is 10.1. The minimum Gasteiger partial charge on any atom is -0.466 e. The Labute approximate surface area is 118 Å². The summed E-state index contributed by atoms with van der Waals surface area (Å²) in [4.78, 5) is 21.6. The second kappa shape index (κ2) is 8.54. The molecular weight excluding hydrogens is 254 g/mol. The van der Waals surface area contributed by atoms with Crippen molar-refractivity contribution < 1.29 is 14.3 Å². The fourth-order valence-corrected chi connectivity index (χ4v) is 1.38. The van der Waals surface area contributed by atoms with Gasteiger partial charge in [0.05, 0.1) is 7.11 Å². The van der Waals surface area contributed by atoms with E-state index in [1.165, 1.54) is 20.1 Å². The van der Waals surface area contributed by atoms with Gasteiger partial charge in [0, 0.05) is 31.5 Å². The summed E-state index contributed by atoms with van der Waals surface area (Å²) in [6.07, 6.45) is 3.66. The van der Waals surface area contributed by atoms with Crippen molar-refractivity contribution in [3.8, 4) is 11.8 Å². The van der Waals surface area contributed by atoms with Crippen LogP contribution < -0.4 is 5.32 Å². The molecule has 1 N–H and O–H groups in total. The van der Waals surface area contributed by atoms with Crippen LogP contribution in [0.5, 0.6) is 0 Å². The number of hydrogen-bond acceptors (Lipinski definition) is 3. The molecule has 0 radical (unpaired) electrons. The van der Waals surface area contributed by atoms with Crippen LogP contribution in [0.1, 0.15) is 24.5 Å². The molecule has 0 aliphatic rings. The van der Waals surface area contributed by atoms with E-state index in [1.807, 2.05) is 24.3 Å². The normalized spacial score (nSPS) is 9.70.